The van der Waals surface area contributed by atoms with Gasteiger partial charge in [0.15, 0.2) is 11.3 Å². The Labute approximate surface area is 171 Å². The van der Waals surface area contributed by atoms with Crippen LogP contribution in [0.2, 0.25) is 0 Å². The number of amides is 1. The number of methoxy groups -OCH3 is 1. The first-order chi connectivity index (χ1) is 13.9. The van der Waals surface area contributed by atoms with Crippen LogP contribution >= 0.6 is 11.3 Å². The van der Waals surface area contributed by atoms with E-state index in [1.54, 1.807) is 18.1 Å². The van der Waals surface area contributed by atoms with Gasteiger partial charge in [-0.3, -0.25) is 4.79 Å². The normalized spacial score (nSPS) is 15.4. The fourth-order valence-corrected chi connectivity index (χ4v) is 4.26. The largest absolute Gasteiger partial charge is 0.384 e. The van der Waals surface area contributed by atoms with Gasteiger partial charge < -0.3 is 15.0 Å². The molecule has 1 amide bonds. The lowest BCUT2D eigenvalue weighted by atomic mass is 10.0. The number of hydrogen-bond donors (Lipinski definition) is 1. The highest BCUT2D eigenvalue weighted by molar-refractivity contribution is 7.18. The molecule has 2 aromatic heterocycles. The molecule has 0 bridgehead atoms. The van der Waals surface area contributed by atoms with E-state index in [2.05, 4.69) is 20.3 Å². The summed E-state index contributed by atoms with van der Waals surface area (Å²) in [6.45, 7) is 5.71. The first kappa shape index (κ1) is 19.7. The quantitative estimate of drug-likeness (QED) is 0.664. The highest BCUT2D eigenvalue weighted by Gasteiger charge is 2.33. The summed E-state index contributed by atoms with van der Waals surface area (Å²) in [6.07, 6.45) is 0. The SMILES string of the molecule is COCC1CN(C(=O)c2nc(N[C@@H](C)c3cccc(F)c3)nc3nc(C)sc23)C1. The summed E-state index contributed by atoms with van der Waals surface area (Å²) >= 11 is 1.41. The molecule has 152 valence electrons. The van der Waals surface area contributed by atoms with E-state index in [9.17, 15) is 9.18 Å². The first-order valence-electron chi connectivity index (χ1n) is 9.40. The summed E-state index contributed by atoms with van der Waals surface area (Å²) < 4.78 is 19.4. The number of nitrogens with zero attached hydrogens (tertiary/aromatic N) is 4. The van der Waals surface area contributed by atoms with E-state index in [0.717, 1.165) is 10.6 Å². The molecule has 0 radical (unpaired) electrons. The Kier molecular flexibility index (Phi) is 5.42. The van der Waals surface area contributed by atoms with Crippen molar-refractivity contribution in [1.29, 1.82) is 0 Å². The van der Waals surface area contributed by atoms with E-state index < -0.39 is 0 Å². The van der Waals surface area contributed by atoms with E-state index >= 15 is 0 Å². The predicted molar refractivity (Wildman–Crippen MR) is 110 cm³/mol. The highest BCUT2D eigenvalue weighted by Crippen LogP contribution is 2.28. The molecule has 1 atom stereocenters. The number of carbonyl (C=O) groups is 1. The summed E-state index contributed by atoms with van der Waals surface area (Å²) in [5, 5.41) is 3.99. The average Bonchev–Trinajstić information content (AvgIpc) is 3.03. The smallest absolute Gasteiger partial charge is 0.274 e. The van der Waals surface area contributed by atoms with Crippen molar-refractivity contribution in [3.63, 3.8) is 0 Å². The van der Waals surface area contributed by atoms with Crippen molar-refractivity contribution in [2.45, 2.75) is 19.9 Å². The number of rotatable bonds is 6. The van der Waals surface area contributed by atoms with Crippen molar-refractivity contribution in [2.75, 3.05) is 32.1 Å². The van der Waals surface area contributed by atoms with E-state index in [1.165, 1.54) is 23.5 Å². The lowest BCUT2D eigenvalue weighted by molar-refractivity contribution is 0.0267. The maximum absolute atomic E-state index is 13.5. The molecule has 3 aromatic rings. The zero-order chi connectivity index (χ0) is 20.5. The van der Waals surface area contributed by atoms with Crippen LogP contribution in [0.5, 0.6) is 0 Å². The minimum Gasteiger partial charge on any atom is -0.384 e. The lowest BCUT2D eigenvalue weighted by Gasteiger charge is -2.38. The molecule has 0 unspecified atom stereocenters. The van der Waals surface area contributed by atoms with Gasteiger partial charge in [-0.25, -0.2) is 14.4 Å². The van der Waals surface area contributed by atoms with Gasteiger partial charge in [0.1, 0.15) is 10.5 Å². The van der Waals surface area contributed by atoms with Crippen molar-refractivity contribution < 1.29 is 13.9 Å². The van der Waals surface area contributed by atoms with Gasteiger partial charge in [0, 0.05) is 26.1 Å². The summed E-state index contributed by atoms with van der Waals surface area (Å²) in [7, 11) is 1.66. The number of carbonyl (C=O) groups excluding carboxylic acids is 1. The third kappa shape index (κ3) is 4.06. The Morgan fingerprint density at radius 1 is 1.38 bits per heavy atom. The number of hydrogen-bond acceptors (Lipinski definition) is 7. The van der Waals surface area contributed by atoms with E-state index in [0.29, 0.717) is 47.6 Å². The number of aromatic nitrogens is 3. The fraction of sp³-hybridized carbons (Fsp3) is 0.400. The zero-order valence-electron chi connectivity index (χ0n) is 16.5. The maximum atomic E-state index is 13.5. The van der Waals surface area contributed by atoms with Gasteiger partial charge in [0.2, 0.25) is 5.95 Å². The molecule has 0 aliphatic carbocycles. The molecular weight excluding hydrogens is 393 g/mol. The van der Waals surface area contributed by atoms with Gasteiger partial charge in [0.25, 0.3) is 5.91 Å². The summed E-state index contributed by atoms with van der Waals surface area (Å²) in [6, 6.07) is 6.12. The summed E-state index contributed by atoms with van der Waals surface area (Å²) in [4.78, 5) is 28.2. The minimum atomic E-state index is -0.304. The van der Waals surface area contributed by atoms with Crippen LogP contribution in [-0.4, -0.2) is 52.6 Å². The van der Waals surface area contributed by atoms with Crippen molar-refractivity contribution in [3.05, 3.63) is 46.3 Å². The van der Waals surface area contributed by atoms with Crippen molar-refractivity contribution in [1.82, 2.24) is 19.9 Å². The monoisotopic (exact) mass is 415 g/mol. The molecule has 1 fully saturated rings. The van der Waals surface area contributed by atoms with E-state index in [1.807, 2.05) is 19.9 Å². The van der Waals surface area contributed by atoms with Gasteiger partial charge in [-0.2, -0.15) is 4.98 Å². The number of nitrogens with one attached hydrogen (secondary N) is 1. The number of fused-ring (bicyclic) bond motifs is 1. The summed E-state index contributed by atoms with van der Waals surface area (Å²) in [5.74, 6) is 0.226. The highest BCUT2D eigenvalue weighted by atomic mass is 32.1. The Bertz CT molecular complexity index is 1050. The number of anilines is 1. The predicted octanol–water partition coefficient (Wildman–Crippen LogP) is 3.43. The van der Waals surface area contributed by atoms with Crippen molar-refractivity contribution in [3.8, 4) is 0 Å². The van der Waals surface area contributed by atoms with Crippen LogP contribution in [0.4, 0.5) is 10.3 Å². The molecule has 7 nitrogen and oxygen atoms in total. The fourth-order valence-electron chi connectivity index (χ4n) is 3.42. The number of aryl methyl sites for hydroxylation is 1. The van der Waals surface area contributed by atoms with Gasteiger partial charge >= 0.3 is 0 Å². The van der Waals surface area contributed by atoms with Crippen LogP contribution in [0.1, 0.15) is 34.0 Å². The molecule has 1 aliphatic heterocycles. The second kappa shape index (κ2) is 8.00. The third-order valence-electron chi connectivity index (χ3n) is 4.90. The van der Waals surface area contributed by atoms with Crippen LogP contribution in [0.3, 0.4) is 0 Å². The lowest BCUT2D eigenvalue weighted by Crippen LogP contribution is -2.51. The zero-order valence-corrected chi connectivity index (χ0v) is 17.3. The third-order valence-corrected chi connectivity index (χ3v) is 5.87. The van der Waals surface area contributed by atoms with Crippen LogP contribution in [0, 0.1) is 18.7 Å². The molecule has 4 rings (SSSR count). The second-order valence-electron chi connectivity index (χ2n) is 7.23. The topological polar surface area (TPSA) is 80.2 Å². The number of benzene rings is 1. The molecule has 1 aliphatic rings. The molecule has 1 saturated heterocycles. The molecule has 9 heteroatoms. The molecule has 29 heavy (non-hydrogen) atoms. The van der Waals surface area contributed by atoms with Crippen LogP contribution in [0.25, 0.3) is 10.3 Å². The van der Waals surface area contributed by atoms with Gasteiger partial charge in [-0.05, 0) is 31.5 Å². The molecule has 0 saturated carbocycles. The Balaban J connectivity index is 1.61. The molecule has 1 N–H and O–H groups in total. The van der Waals surface area contributed by atoms with E-state index in [-0.39, 0.29) is 17.8 Å². The van der Waals surface area contributed by atoms with Crippen LogP contribution in [0.15, 0.2) is 24.3 Å². The summed E-state index contributed by atoms with van der Waals surface area (Å²) in [5.41, 5.74) is 1.61. The van der Waals surface area contributed by atoms with E-state index in [4.69, 9.17) is 4.74 Å². The van der Waals surface area contributed by atoms with Crippen molar-refractivity contribution in [2.24, 2.45) is 5.92 Å². The maximum Gasteiger partial charge on any atom is 0.274 e. The molecule has 3 heterocycles. The van der Waals surface area contributed by atoms with Gasteiger partial charge in [-0.1, -0.05) is 12.1 Å². The van der Waals surface area contributed by atoms with Crippen LogP contribution in [-0.2, 0) is 4.74 Å². The Morgan fingerprint density at radius 2 is 2.17 bits per heavy atom. The van der Waals surface area contributed by atoms with Crippen molar-refractivity contribution >= 4 is 33.5 Å². The number of ether oxygens (including phenoxy) is 1. The van der Waals surface area contributed by atoms with Crippen LogP contribution < -0.4 is 5.32 Å². The molecular formula is C20H22FN5O2S. The Morgan fingerprint density at radius 3 is 2.90 bits per heavy atom. The van der Waals surface area contributed by atoms with Gasteiger partial charge in [0.05, 0.1) is 17.7 Å². The number of likely N-dealkylation sites (tertiary alicyclic amines) is 1. The average molecular weight is 415 g/mol. The molecule has 0 spiro atoms. The Hall–Kier alpha value is -2.65. The first-order valence-corrected chi connectivity index (χ1v) is 10.2. The minimum absolute atomic E-state index is 0.130. The van der Waals surface area contributed by atoms with Gasteiger partial charge in [-0.15, -0.1) is 11.3 Å². The second-order valence-corrected chi connectivity index (χ2v) is 8.44. The molecule has 1 aromatic carbocycles. The standard InChI is InChI=1S/C20H22FN5O2S/c1-11(14-5-4-6-15(21)7-14)22-20-24-16(17-18(25-20)23-12(2)29-17)19(27)26-8-13(9-26)10-28-3/h4-7,11,13H,8-10H2,1-3H3,(H,22,24,25)/t11-/m0/s1. The number of thiazole rings is 1. The number of halogens is 1.